The van der Waals surface area contributed by atoms with Gasteiger partial charge in [-0.05, 0) is 25.5 Å². The van der Waals surface area contributed by atoms with Crippen molar-refractivity contribution >= 4 is 11.9 Å². The van der Waals surface area contributed by atoms with Crippen molar-refractivity contribution in [2.75, 3.05) is 13.2 Å². The third-order valence-corrected chi connectivity index (χ3v) is 3.13. The summed E-state index contributed by atoms with van der Waals surface area (Å²) in [6.07, 6.45) is 0.720. The van der Waals surface area contributed by atoms with Crippen LogP contribution in [0.2, 0.25) is 0 Å². The molecule has 1 rings (SSSR count). The molecule has 21 heavy (non-hydrogen) atoms. The standard InChI is InChI=1S/C15H20FNO4/c1-3-11(2)17(10-15(19)20)14(18)7-8-21-13-6-4-5-12(16)9-13/h4-6,9,11H,3,7-8,10H2,1-2H3,(H,19,20). The minimum Gasteiger partial charge on any atom is -0.493 e. The highest BCUT2D eigenvalue weighted by Crippen LogP contribution is 2.13. The molecule has 0 bridgehead atoms. The number of carboxylic acids is 1. The van der Waals surface area contributed by atoms with Gasteiger partial charge in [0, 0.05) is 12.1 Å². The zero-order valence-corrected chi connectivity index (χ0v) is 12.2. The van der Waals surface area contributed by atoms with Gasteiger partial charge in [0.15, 0.2) is 0 Å². The molecule has 116 valence electrons. The number of hydrogen-bond acceptors (Lipinski definition) is 3. The molecule has 0 radical (unpaired) electrons. The van der Waals surface area contributed by atoms with Crippen LogP contribution in [0.4, 0.5) is 4.39 Å². The average molecular weight is 297 g/mol. The van der Waals surface area contributed by atoms with Crippen LogP contribution in [-0.4, -0.2) is 41.1 Å². The van der Waals surface area contributed by atoms with E-state index in [0.717, 1.165) is 0 Å². The van der Waals surface area contributed by atoms with Crippen molar-refractivity contribution in [3.63, 3.8) is 0 Å². The van der Waals surface area contributed by atoms with E-state index in [1.54, 1.807) is 13.0 Å². The van der Waals surface area contributed by atoms with Crippen LogP contribution < -0.4 is 4.74 Å². The zero-order chi connectivity index (χ0) is 15.8. The molecule has 1 atom stereocenters. The van der Waals surface area contributed by atoms with Crippen molar-refractivity contribution in [2.45, 2.75) is 32.7 Å². The Hall–Kier alpha value is -2.11. The van der Waals surface area contributed by atoms with Gasteiger partial charge < -0.3 is 14.7 Å². The number of rotatable bonds is 8. The molecule has 0 aliphatic rings. The maximum atomic E-state index is 13.0. The van der Waals surface area contributed by atoms with E-state index >= 15 is 0 Å². The van der Waals surface area contributed by atoms with Crippen molar-refractivity contribution in [1.29, 1.82) is 0 Å². The number of halogens is 1. The number of carboxylic acid groups (broad SMARTS) is 1. The van der Waals surface area contributed by atoms with E-state index in [1.807, 2.05) is 6.92 Å². The third-order valence-electron chi connectivity index (χ3n) is 3.13. The van der Waals surface area contributed by atoms with Gasteiger partial charge >= 0.3 is 5.97 Å². The van der Waals surface area contributed by atoms with Gasteiger partial charge in [0.25, 0.3) is 0 Å². The van der Waals surface area contributed by atoms with Crippen LogP contribution in [0.3, 0.4) is 0 Å². The molecule has 0 spiro atoms. The monoisotopic (exact) mass is 297 g/mol. The number of aliphatic carboxylic acids is 1. The second kappa shape index (κ2) is 8.24. The largest absolute Gasteiger partial charge is 0.493 e. The highest BCUT2D eigenvalue weighted by molar-refractivity contribution is 5.81. The molecule has 0 aliphatic heterocycles. The molecule has 1 aromatic carbocycles. The fourth-order valence-corrected chi connectivity index (χ4v) is 1.81. The summed E-state index contributed by atoms with van der Waals surface area (Å²) < 4.78 is 18.2. The molecule has 1 N–H and O–H groups in total. The normalized spacial score (nSPS) is 11.8. The number of carbonyl (C=O) groups excluding carboxylic acids is 1. The molecule has 0 fully saturated rings. The maximum absolute atomic E-state index is 13.0. The topological polar surface area (TPSA) is 66.8 Å². The third kappa shape index (κ3) is 5.81. The Balaban J connectivity index is 2.51. The first-order valence-electron chi connectivity index (χ1n) is 6.83. The lowest BCUT2D eigenvalue weighted by atomic mass is 10.2. The fraction of sp³-hybridized carbons (Fsp3) is 0.467. The lowest BCUT2D eigenvalue weighted by Crippen LogP contribution is -2.42. The highest BCUT2D eigenvalue weighted by atomic mass is 19.1. The summed E-state index contributed by atoms with van der Waals surface area (Å²) in [4.78, 5) is 24.2. The average Bonchev–Trinajstić information content (AvgIpc) is 2.43. The van der Waals surface area contributed by atoms with Gasteiger partial charge in [-0.3, -0.25) is 9.59 Å². The van der Waals surface area contributed by atoms with Crippen LogP contribution in [0.5, 0.6) is 5.75 Å². The molecular weight excluding hydrogens is 277 g/mol. The molecule has 1 aromatic rings. The Morgan fingerprint density at radius 1 is 1.43 bits per heavy atom. The molecule has 5 nitrogen and oxygen atoms in total. The van der Waals surface area contributed by atoms with Crippen molar-refractivity contribution in [1.82, 2.24) is 4.90 Å². The van der Waals surface area contributed by atoms with Crippen molar-refractivity contribution in [3.05, 3.63) is 30.1 Å². The van der Waals surface area contributed by atoms with E-state index in [9.17, 15) is 14.0 Å². The second-order valence-electron chi connectivity index (χ2n) is 4.73. The van der Waals surface area contributed by atoms with Gasteiger partial charge in [-0.1, -0.05) is 13.0 Å². The van der Waals surface area contributed by atoms with Gasteiger partial charge in [-0.2, -0.15) is 0 Å². The number of amides is 1. The van der Waals surface area contributed by atoms with Gasteiger partial charge in [-0.25, -0.2) is 4.39 Å². The number of ether oxygens (including phenoxy) is 1. The van der Waals surface area contributed by atoms with Gasteiger partial charge in [0.05, 0.1) is 13.0 Å². The quantitative estimate of drug-likeness (QED) is 0.799. The Labute approximate surface area is 123 Å². The summed E-state index contributed by atoms with van der Waals surface area (Å²) in [5.41, 5.74) is 0. The van der Waals surface area contributed by atoms with Crippen molar-refractivity contribution in [3.8, 4) is 5.75 Å². The molecule has 0 aromatic heterocycles. The first-order chi connectivity index (χ1) is 9.93. The lowest BCUT2D eigenvalue weighted by Gasteiger charge is -2.27. The Bertz CT molecular complexity index is 492. The molecule has 0 aliphatic carbocycles. The maximum Gasteiger partial charge on any atom is 0.323 e. The van der Waals surface area contributed by atoms with Gasteiger partial charge in [0.2, 0.25) is 5.91 Å². The molecule has 1 unspecified atom stereocenters. The van der Waals surface area contributed by atoms with E-state index < -0.39 is 11.8 Å². The first kappa shape index (κ1) is 16.9. The predicted molar refractivity (Wildman–Crippen MR) is 75.6 cm³/mol. The SMILES string of the molecule is CCC(C)N(CC(=O)O)C(=O)CCOc1cccc(F)c1. The zero-order valence-electron chi connectivity index (χ0n) is 12.2. The summed E-state index contributed by atoms with van der Waals surface area (Å²) in [7, 11) is 0. The van der Waals surface area contributed by atoms with Crippen molar-refractivity contribution in [2.24, 2.45) is 0 Å². The fourth-order valence-electron chi connectivity index (χ4n) is 1.81. The second-order valence-corrected chi connectivity index (χ2v) is 4.73. The minimum absolute atomic E-state index is 0.0497. The van der Waals surface area contributed by atoms with Gasteiger partial charge in [-0.15, -0.1) is 0 Å². The van der Waals surface area contributed by atoms with E-state index in [0.29, 0.717) is 12.2 Å². The van der Waals surface area contributed by atoms with Gasteiger partial charge in [0.1, 0.15) is 18.1 Å². The number of hydrogen-bond donors (Lipinski definition) is 1. The van der Waals surface area contributed by atoms with Crippen LogP contribution in [0.15, 0.2) is 24.3 Å². The van der Waals surface area contributed by atoms with E-state index in [4.69, 9.17) is 9.84 Å². The molecule has 1 amide bonds. The van der Waals surface area contributed by atoms with Crippen LogP contribution in [0, 0.1) is 5.82 Å². The van der Waals surface area contributed by atoms with Crippen molar-refractivity contribution < 1.29 is 23.8 Å². The van der Waals surface area contributed by atoms with E-state index in [2.05, 4.69) is 0 Å². The summed E-state index contributed by atoms with van der Waals surface area (Å²) in [6, 6.07) is 5.49. The summed E-state index contributed by atoms with van der Waals surface area (Å²) in [5, 5.41) is 8.84. The number of carbonyl (C=O) groups is 2. The minimum atomic E-state index is -1.05. The van der Waals surface area contributed by atoms with E-state index in [1.165, 1.54) is 23.1 Å². The smallest absolute Gasteiger partial charge is 0.323 e. The number of nitrogens with zero attached hydrogens (tertiary/aromatic N) is 1. The lowest BCUT2D eigenvalue weighted by molar-refractivity contribution is -0.146. The Morgan fingerprint density at radius 2 is 2.14 bits per heavy atom. The molecule has 0 saturated heterocycles. The number of benzene rings is 1. The first-order valence-corrected chi connectivity index (χ1v) is 6.83. The predicted octanol–water partition coefficient (Wildman–Crippen LogP) is 2.31. The summed E-state index contributed by atoms with van der Waals surface area (Å²) in [6.45, 7) is 3.44. The van der Waals surface area contributed by atoms with Crippen LogP contribution >= 0.6 is 0 Å². The summed E-state index contributed by atoms with van der Waals surface area (Å²) in [5.74, 6) is -1.40. The molecule has 0 saturated carbocycles. The van der Waals surface area contributed by atoms with Crippen LogP contribution in [-0.2, 0) is 9.59 Å². The molecule has 6 heteroatoms. The Kier molecular flexibility index (Phi) is 6.65. The molecular formula is C15H20FNO4. The summed E-state index contributed by atoms with van der Waals surface area (Å²) >= 11 is 0. The van der Waals surface area contributed by atoms with Crippen LogP contribution in [0.25, 0.3) is 0 Å². The molecule has 0 heterocycles. The Morgan fingerprint density at radius 3 is 2.71 bits per heavy atom. The van der Waals surface area contributed by atoms with E-state index in [-0.39, 0.29) is 31.5 Å². The highest BCUT2D eigenvalue weighted by Gasteiger charge is 2.21. The van der Waals surface area contributed by atoms with Crippen LogP contribution in [0.1, 0.15) is 26.7 Å².